The van der Waals surface area contributed by atoms with E-state index in [9.17, 15) is 0 Å². The first-order valence-electron chi connectivity index (χ1n) is 6.51. The number of nitrogens with one attached hydrogen (secondary N) is 2. The Hall–Kier alpha value is -1.41. The SMILES string of the molecule is CNC(=S)NCCCC(C)Cc1csc(N=C(N)N)n1. The molecule has 6 nitrogen and oxygen atoms in total. The Morgan fingerprint density at radius 3 is 2.95 bits per heavy atom. The summed E-state index contributed by atoms with van der Waals surface area (Å²) in [5.41, 5.74) is 11.7. The summed E-state index contributed by atoms with van der Waals surface area (Å²) in [6.07, 6.45) is 3.13. The third-order valence-electron chi connectivity index (χ3n) is 2.71. The molecule has 0 aliphatic rings. The number of rotatable bonds is 7. The Balaban J connectivity index is 2.28. The predicted molar refractivity (Wildman–Crippen MR) is 89.3 cm³/mol. The highest BCUT2D eigenvalue weighted by molar-refractivity contribution is 7.80. The molecule has 1 unspecified atom stereocenters. The molecule has 1 atom stereocenters. The summed E-state index contributed by atoms with van der Waals surface area (Å²) < 4.78 is 0. The van der Waals surface area contributed by atoms with Crippen LogP contribution in [-0.4, -0.2) is 29.6 Å². The van der Waals surface area contributed by atoms with Gasteiger partial charge in [0, 0.05) is 19.0 Å². The van der Waals surface area contributed by atoms with Gasteiger partial charge in [0.2, 0.25) is 5.13 Å². The molecule has 20 heavy (non-hydrogen) atoms. The molecule has 0 radical (unpaired) electrons. The first-order valence-corrected chi connectivity index (χ1v) is 7.79. The molecule has 1 heterocycles. The van der Waals surface area contributed by atoms with Gasteiger partial charge in [-0.2, -0.15) is 4.99 Å². The van der Waals surface area contributed by atoms with Gasteiger partial charge in [0.05, 0.1) is 5.69 Å². The van der Waals surface area contributed by atoms with E-state index in [-0.39, 0.29) is 5.96 Å². The molecule has 8 heteroatoms. The summed E-state index contributed by atoms with van der Waals surface area (Å²) in [7, 11) is 1.81. The fourth-order valence-electron chi connectivity index (χ4n) is 1.75. The Labute approximate surface area is 129 Å². The van der Waals surface area contributed by atoms with E-state index in [1.165, 1.54) is 11.3 Å². The van der Waals surface area contributed by atoms with E-state index in [0.29, 0.717) is 16.2 Å². The van der Waals surface area contributed by atoms with E-state index in [0.717, 1.165) is 31.5 Å². The van der Waals surface area contributed by atoms with Gasteiger partial charge in [0.25, 0.3) is 0 Å². The summed E-state index contributed by atoms with van der Waals surface area (Å²) in [4.78, 5) is 8.32. The van der Waals surface area contributed by atoms with Gasteiger partial charge in [-0.3, -0.25) is 0 Å². The van der Waals surface area contributed by atoms with E-state index in [2.05, 4.69) is 27.5 Å². The van der Waals surface area contributed by atoms with Crippen LogP contribution in [0.25, 0.3) is 0 Å². The van der Waals surface area contributed by atoms with Crippen LogP contribution in [0, 0.1) is 5.92 Å². The second-order valence-electron chi connectivity index (χ2n) is 4.62. The molecule has 0 aliphatic carbocycles. The minimum absolute atomic E-state index is 0.0468. The topological polar surface area (TPSA) is 101 Å². The van der Waals surface area contributed by atoms with E-state index >= 15 is 0 Å². The number of guanidine groups is 1. The van der Waals surface area contributed by atoms with Crippen LogP contribution < -0.4 is 22.1 Å². The zero-order valence-corrected chi connectivity index (χ0v) is 13.5. The molecule has 0 aromatic carbocycles. The summed E-state index contributed by atoms with van der Waals surface area (Å²) in [6.45, 7) is 3.11. The van der Waals surface area contributed by atoms with Gasteiger partial charge in [0.1, 0.15) is 0 Å². The van der Waals surface area contributed by atoms with Gasteiger partial charge in [0.15, 0.2) is 11.1 Å². The largest absolute Gasteiger partial charge is 0.370 e. The lowest BCUT2D eigenvalue weighted by Crippen LogP contribution is -2.33. The van der Waals surface area contributed by atoms with Crippen molar-refractivity contribution in [1.82, 2.24) is 15.6 Å². The second-order valence-corrected chi connectivity index (χ2v) is 5.86. The number of nitrogens with two attached hydrogens (primary N) is 2. The van der Waals surface area contributed by atoms with Gasteiger partial charge in [-0.15, -0.1) is 11.3 Å². The molecule has 1 rings (SSSR count). The number of aromatic nitrogens is 1. The Morgan fingerprint density at radius 2 is 2.30 bits per heavy atom. The van der Waals surface area contributed by atoms with Gasteiger partial charge in [-0.1, -0.05) is 6.92 Å². The van der Waals surface area contributed by atoms with Gasteiger partial charge in [-0.25, -0.2) is 4.98 Å². The summed E-state index contributed by atoms with van der Waals surface area (Å²) in [5.74, 6) is 0.611. The standard InChI is InChI=1S/C12H22N6S2/c1-8(4-3-5-16-11(19)15-2)6-9-7-20-12(17-9)18-10(13)14/h7-8H,3-6H2,1-2H3,(H2,15,16,19)(H4,13,14,17,18). The third kappa shape index (κ3) is 6.67. The first kappa shape index (κ1) is 16.6. The van der Waals surface area contributed by atoms with E-state index in [4.69, 9.17) is 23.7 Å². The van der Waals surface area contributed by atoms with Crippen LogP contribution in [0.4, 0.5) is 5.13 Å². The van der Waals surface area contributed by atoms with Crippen molar-refractivity contribution in [3.8, 4) is 0 Å². The lowest BCUT2D eigenvalue weighted by molar-refractivity contribution is 0.501. The molecule has 0 fully saturated rings. The summed E-state index contributed by atoms with van der Waals surface area (Å²) in [6, 6.07) is 0. The number of hydrogen-bond donors (Lipinski definition) is 4. The number of thiazole rings is 1. The van der Waals surface area contributed by atoms with Crippen LogP contribution in [0.5, 0.6) is 0 Å². The van der Waals surface area contributed by atoms with Crippen molar-refractivity contribution >= 4 is 39.8 Å². The maximum absolute atomic E-state index is 5.32. The highest BCUT2D eigenvalue weighted by atomic mass is 32.1. The van der Waals surface area contributed by atoms with Crippen molar-refractivity contribution in [3.63, 3.8) is 0 Å². The van der Waals surface area contributed by atoms with Crippen LogP contribution >= 0.6 is 23.6 Å². The van der Waals surface area contributed by atoms with E-state index in [1.54, 1.807) is 0 Å². The molecule has 1 aromatic heterocycles. The molecule has 112 valence electrons. The highest BCUT2D eigenvalue weighted by Crippen LogP contribution is 2.21. The lowest BCUT2D eigenvalue weighted by atomic mass is 10.0. The Kier molecular flexibility index (Phi) is 7.24. The Morgan fingerprint density at radius 1 is 1.55 bits per heavy atom. The average molecular weight is 314 g/mol. The van der Waals surface area contributed by atoms with Gasteiger partial charge in [-0.05, 0) is 37.4 Å². The molecule has 0 saturated carbocycles. The van der Waals surface area contributed by atoms with E-state index in [1.807, 2.05) is 12.4 Å². The minimum Gasteiger partial charge on any atom is -0.370 e. The highest BCUT2D eigenvalue weighted by Gasteiger charge is 2.07. The predicted octanol–water partition coefficient (Wildman–Crippen LogP) is 1.10. The quantitative estimate of drug-likeness (QED) is 0.260. The van der Waals surface area contributed by atoms with Crippen LogP contribution in [0.2, 0.25) is 0 Å². The maximum Gasteiger partial charge on any atom is 0.212 e. The zero-order chi connectivity index (χ0) is 15.0. The van der Waals surface area contributed by atoms with Crippen LogP contribution in [0.3, 0.4) is 0 Å². The molecular formula is C12H22N6S2. The zero-order valence-electron chi connectivity index (χ0n) is 11.8. The van der Waals surface area contributed by atoms with Crippen molar-refractivity contribution < 1.29 is 0 Å². The van der Waals surface area contributed by atoms with Crippen molar-refractivity contribution in [2.45, 2.75) is 26.2 Å². The second kappa shape index (κ2) is 8.70. The smallest absolute Gasteiger partial charge is 0.212 e. The van der Waals surface area contributed by atoms with Gasteiger partial charge >= 0.3 is 0 Å². The monoisotopic (exact) mass is 314 g/mol. The first-order chi connectivity index (χ1) is 9.51. The van der Waals surface area contributed by atoms with E-state index < -0.39 is 0 Å². The van der Waals surface area contributed by atoms with Crippen LogP contribution in [0.15, 0.2) is 10.4 Å². The van der Waals surface area contributed by atoms with Crippen molar-refractivity contribution in [2.24, 2.45) is 22.4 Å². The number of thiocarbonyl (C=S) groups is 1. The van der Waals surface area contributed by atoms with Crippen molar-refractivity contribution in [1.29, 1.82) is 0 Å². The van der Waals surface area contributed by atoms with Crippen LogP contribution in [-0.2, 0) is 6.42 Å². The Bertz CT molecular complexity index is 453. The molecule has 0 bridgehead atoms. The molecule has 1 aromatic rings. The number of nitrogens with zero attached hydrogens (tertiary/aromatic N) is 2. The fourth-order valence-corrected chi connectivity index (χ4v) is 2.57. The fraction of sp³-hybridized carbons (Fsp3) is 0.583. The molecule has 0 saturated heterocycles. The number of aliphatic imine (C=N–C) groups is 1. The minimum atomic E-state index is 0.0468. The maximum atomic E-state index is 5.32. The molecule has 0 aliphatic heterocycles. The molecule has 6 N–H and O–H groups in total. The molecule has 0 spiro atoms. The third-order valence-corrected chi connectivity index (χ3v) is 3.84. The van der Waals surface area contributed by atoms with Gasteiger partial charge < -0.3 is 22.1 Å². The normalized spacial score (nSPS) is 11.7. The number of hydrogen-bond acceptors (Lipinski definition) is 4. The summed E-state index contributed by atoms with van der Waals surface area (Å²) >= 11 is 6.47. The lowest BCUT2D eigenvalue weighted by Gasteiger charge is -2.11. The molecule has 0 amide bonds. The summed E-state index contributed by atoms with van der Waals surface area (Å²) in [5, 5.41) is 9.35. The molecular weight excluding hydrogens is 292 g/mol. The van der Waals surface area contributed by atoms with Crippen molar-refractivity contribution in [2.75, 3.05) is 13.6 Å². The van der Waals surface area contributed by atoms with Crippen LogP contribution in [0.1, 0.15) is 25.5 Å². The van der Waals surface area contributed by atoms with Crippen molar-refractivity contribution in [3.05, 3.63) is 11.1 Å². The average Bonchev–Trinajstić information content (AvgIpc) is 2.80.